The van der Waals surface area contributed by atoms with E-state index in [1.165, 1.54) is 19.1 Å². The van der Waals surface area contributed by atoms with Crippen LogP contribution in [0.5, 0.6) is 11.5 Å². The lowest BCUT2D eigenvalue weighted by Crippen LogP contribution is -2.56. The number of alkyl halides is 1. The van der Waals surface area contributed by atoms with E-state index in [1.807, 2.05) is 12.2 Å². The molecule has 1 saturated heterocycles. The van der Waals surface area contributed by atoms with Crippen LogP contribution in [0.25, 0.3) is 10.9 Å². The standard InChI is InChI=1S/C37H45BrN4O9/c1-48-24-14-15-26-28(16-24)39-29(31(43)20-38)18-32(26)50-25-17-30-33(44)41-37(35(46)49-2)19-22(37)10-6-4-3-5-7-13-27(34(45)42(30)21-25)40-36(47)51-23-11-8-9-12-23/h6,10,14-16,18,22-23,25,27,30H,3-5,7-9,11-13,17,19-21H2,1-2H3,(H,40,47)(H,41,44)/t22?,25-,27+,30+,37-/m1/s1. The van der Waals surface area contributed by atoms with Crippen molar-refractivity contribution in [2.24, 2.45) is 5.92 Å². The number of rotatable bonds is 8. The highest BCUT2D eigenvalue weighted by molar-refractivity contribution is 9.09. The molecule has 3 fully saturated rings. The van der Waals surface area contributed by atoms with Gasteiger partial charge in [0, 0.05) is 29.9 Å². The zero-order valence-electron chi connectivity index (χ0n) is 29.0. The number of hydrogen-bond acceptors (Lipinski definition) is 10. The number of benzene rings is 1. The number of ether oxygens (including phenoxy) is 4. The number of fused-ring (bicyclic) bond motifs is 3. The van der Waals surface area contributed by atoms with Crippen molar-refractivity contribution in [2.75, 3.05) is 26.1 Å². The molecule has 51 heavy (non-hydrogen) atoms. The summed E-state index contributed by atoms with van der Waals surface area (Å²) in [7, 11) is 2.83. The first-order valence-corrected chi connectivity index (χ1v) is 18.9. The summed E-state index contributed by atoms with van der Waals surface area (Å²) in [4.78, 5) is 73.5. The van der Waals surface area contributed by atoms with E-state index in [-0.39, 0.29) is 41.8 Å². The second-order valence-corrected chi connectivity index (χ2v) is 14.3. The molecule has 0 radical (unpaired) electrons. The van der Waals surface area contributed by atoms with Crippen molar-refractivity contribution in [3.05, 3.63) is 42.1 Å². The van der Waals surface area contributed by atoms with E-state index in [9.17, 15) is 24.0 Å². The van der Waals surface area contributed by atoms with Gasteiger partial charge in [-0.05, 0) is 63.5 Å². The van der Waals surface area contributed by atoms with Crippen LogP contribution in [0.3, 0.4) is 0 Å². The molecule has 1 aromatic heterocycles. The molecular weight excluding hydrogens is 724 g/mol. The molecule has 2 aliphatic heterocycles. The topological polar surface area (TPSA) is 162 Å². The third kappa shape index (κ3) is 8.15. The highest BCUT2D eigenvalue weighted by atomic mass is 79.9. The maximum Gasteiger partial charge on any atom is 0.408 e. The van der Waals surface area contributed by atoms with Crippen molar-refractivity contribution in [1.82, 2.24) is 20.5 Å². The predicted octanol–water partition coefficient (Wildman–Crippen LogP) is 4.77. The Kier molecular flexibility index (Phi) is 11.5. The maximum absolute atomic E-state index is 14.5. The maximum atomic E-state index is 14.5. The van der Waals surface area contributed by atoms with Gasteiger partial charge >= 0.3 is 12.1 Å². The van der Waals surface area contributed by atoms with Gasteiger partial charge in [0.25, 0.3) is 0 Å². The van der Waals surface area contributed by atoms with Crippen LogP contribution >= 0.6 is 15.9 Å². The number of aromatic nitrogens is 1. The van der Waals surface area contributed by atoms with E-state index < -0.39 is 47.6 Å². The molecule has 2 aliphatic carbocycles. The largest absolute Gasteiger partial charge is 0.497 e. The first-order chi connectivity index (χ1) is 24.6. The van der Waals surface area contributed by atoms with Gasteiger partial charge in [-0.3, -0.25) is 14.4 Å². The zero-order chi connectivity index (χ0) is 36.1. The number of ketones is 1. The Morgan fingerprint density at radius 2 is 1.82 bits per heavy atom. The van der Waals surface area contributed by atoms with E-state index in [4.69, 9.17) is 18.9 Å². The normalized spacial score (nSPS) is 27.0. The molecule has 2 N–H and O–H groups in total. The molecule has 4 aliphatic rings. The Morgan fingerprint density at radius 1 is 1.04 bits per heavy atom. The Labute approximate surface area is 305 Å². The van der Waals surface area contributed by atoms with Crippen LogP contribution in [-0.4, -0.2) is 95.5 Å². The van der Waals surface area contributed by atoms with Crippen LogP contribution in [-0.2, 0) is 23.9 Å². The number of Topliss-reactive ketones (excluding diaryl/α,β-unsaturated/α-hetero) is 1. The lowest BCUT2D eigenvalue weighted by atomic mass is 10.0. The van der Waals surface area contributed by atoms with Gasteiger partial charge in [-0.2, -0.15) is 0 Å². The van der Waals surface area contributed by atoms with E-state index in [1.54, 1.807) is 24.3 Å². The van der Waals surface area contributed by atoms with E-state index >= 15 is 0 Å². The van der Waals surface area contributed by atoms with Crippen LogP contribution < -0.4 is 20.1 Å². The number of nitrogens with zero attached hydrogens (tertiary/aromatic N) is 2. The molecule has 6 rings (SSSR count). The molecule has 14 heteroatoms. The van der Waals surface area contributed by atoms with Gasteiger partial charge in [-0.1, -0.05) is 40.9 Å². The van der Waals surface area contributed by atoms with Gasteiger partial charge in [0.15, 0.2) is 5.78 Å². The summed E-state index contributed by atoms with van der Waals surface area (Å²) < 4.78 is 22.7. The summed E-state index contributed by atoms with van der Waals surface area (Å²) in [6.07, 6.45) is 9.99. The Balaban J connectivity index is 1.32. The number of methoxy groups -OCH3 is 2. The molecule has 2 aromatic rings. The quantitative estimate of drug-likeness (QED) is 0.166. The molecule has 0 bridgehead atoms. The number of carbonyl (C=O) groups is 5. The van der Waals surface area contributed by atoms with Gasteiger partial charge in [0.2, 0.25) is 11.8 Å². The Morgan fingerprint density at radius 3 is 2.57 bits per heavy atom. The lowest BCUT2D eigenvalue weighted by molar-refractivity contribution is -0.148. The number of pyridine rings is 1. The van der Waals surface area contributed by atoms with Crippen molar-refractivity contribution in [3.63, 3.8) is 0 Å². The minimum absolute atomic E-state index is 0.0169. The second kappa shape index (κ2) is 16.0. The van der Waals surface area contributed by atoms with Crippen molar-refractivity contribution < 1.29 is 42.9 Å². The van der Waals surface area contributed by atoms with Gasteiger partial charge < -0.3 is 34.5 Å². The van der Waals surface area contributed by atoms with Gasteiger partial charge in [0.05, 0.1) is 31.6 Å². The summed E-state index contributed by atoms with van der Waals surface area (Å²) in [6.45, 7) is 0.0169. The number of esters is 1. The van der Waals surface area contributed by atoms with Gasteiger partial charge in [-0.15, -0.1) is 0 Å². The highest BCUT2D eigenvalue weighted by Gasteiger charge is 2.62. The molecule has 3 amide bonds. The number of hydrogen-bond donors (Lipinski definition) is 2. The smallest absolute Gasteiger partial charge is 0.408 e. The Hall–Kier alpha value is -4.20. The summed E-state index contributed by atoms with van der Waals surface area (Å²) in [5, 5.41) is 6.43. The number of nitrogens with one attached hydrogen (secondary N) is 2. The zero-order valence-corrected chi connectivity index (χ0v) is 30.6. The highest BCUT2D eigenvalue weighted by Crippen LogP contribution is 2.46. The first kappa shape index (κ1) is 36.6. The fraction of sp³-hybridized carbons (Fsp3) is 0.568. The molecule has 3 heterocycles. The van der Waals surface area contributed by atoms with Crippen molar-refractivity contribution >= 4 is 56.5 Å². The average molecular weight is 770 g/mol. The number of halogens is 1. The first-order valence-electron chi connectivity index (χ1n) is 17.7. The van der Waals surface area contributed by atoms with Crippen LogP contribution in [0.2, 0.25) is 0 Å². The van der Waals surface area contributed by atoms with Gasteiger partial charge in [-0.25, -0.2) is 14.6 Å². The third-order valence-corrected chi connectivity index (χ3v) is 10.8. The number of alkyl carbamates (subject to hydrolysis) is 1. The fourth-order valence-corrected chi connectivity index (χ4v) is 7.73. The number of carbonyl (C=O) groups excluding carboxylic acids is 5. The van der Waals surface area contributed by atoms with Crippen molar-refractivity contribution in [1.29, 1.82) is 0 Å². The molecule has 1 aromatic carbocycles. The van der Waals surface area contributed by atoms with E-state index in [0.29, 0.717) is 41.7 Å². The minimum atomic E-state index is -1.23. The average Bonchev–Trinajstić information content (AvgIpc) is 3.41. The van der Waals surface area contributed by atoms with Crippen LogP contribution in [0.15, 0.2) is 36.4 Å². The van der Waals surface area contributed by atoms with Crippen LogP contribution in [0.4, 0.5) is 4.79 Å². The number of amides is 3. The SMILES string of the molecule is COC(=O)[C@@]12CC1C=CCCCCC[C@H](NC(=O)OC1CCCC1)C(=O)N1C[C@H](Oc3cc(C(=O)CBr)nc4cc(OC)ccc34)C[C@H]1C(=O)N2. The molecule has 0 spiro atoms. The molecule has 274 valence electrons. The van der Waals surface area contributed by atoms with Gasteiger partial charge in [0.1, 0.15) is 47.0 Å². The fourth-order valence-electron chi connectivity index (χ4n) is 7.44. The van der Waals surface area contributed by atoms with Crippen LogP contribution in [0, 0.1) is 5.92 Å². The summed E-state index contributed by atoms with van der Waals surface area (Å²) in [5.41, 5.74) is -0.567. The predicted molar refractivity (Wildman–Crippen MR) is 190 cm³/mol. The molecule has 13 nitrogen and oxygen atoms in total. The minimum Gasteiger partial charge on any atom is -0.497 e. The molecule has 5 atom stereocenters. The second-order valence-electron chi connectivity index (χ2n) is 13.8. The summed E-state index contributed by atoms with van der Waals surface area (Å²) in [6, 6.07) is 4.85. The molecule has 2 saturated carbocycles. The summed E-state index contributed by atoms with van der Waals surface area (Å²) in [5.74, 6) is -1.07. The lowest BCUT2D eigenvalue weighted by Gasteiger charge is -2.29. The summed E-state index contributed by atoms with van der Waals surface area (Å²) >= 11 is 3.22. The Bertz CT molecular complexity index is 1700. The van der Waals surface area contributed by atoms with Crippen LogP contribution in [0.1, 0.15) is 81.1 Å². The molecular formula is C37H45BrN4O9. The number of allylic oxidation sites excluding steroid dienone is 1. The van der Waals surface area contributed by atoms with Crippen molar-refractivity contribution in [2.45, 2.75) is 100 Å². The van der Waals surface area contributed by atoms with E-state index in [2.05, 4.69) is 31.5 Å². The third-order valence-electron chi connectivity index (χ3n) is 10.3. The monoisotopic (exact) mass is 768 g/mol. The van der Waals surface area contributed by atoms with E-state index in [0.717, 1.165) is 44.9 Å². The van der Waals surface area contributed by atoms with Crippen molar-refractivity contribution in [3.8, 4) is 11.5 Å². The molecule has 1 unspecified atom stereocenters.